The van der Waals surface area contributed by atoms with Crippen molar-refractivity contribution in [2.45, 2.75) is 38.3 Å². The monoisotopic (exact) mass is 365 g/mol. The fourth-order valence-electron chi connectivity index (χ4n) is 2.98. The average Bonchev–Trinajstić information content (AvgIpc) is 2.84. The second-order valence-corrected chi connectivity index (χ2v) is 6.35. The Labute approximate surface area is 150 Å². The zero-order chi connectivity index (χ0) is 18.4. The van der Waals surface area contributed by atoms with Gasteiger partial charge in [-0.3, -0.25) is 0 Å². The minimum atomic E-state index is -4.16. The Morgan fingerprint density at radius 3 is 2.58 bits per heavy atom. The fourth-order valence-corrected chi connectivity index (χ4v) is 2.98. The zero-order valence-electron chi connectivity index (χ0n) is 14.5. The summed E-state index contributed by atoms with van der Waals surface area (Å²) in [5.74, 6) is 1.08. The van der Waals surface area contributed by atoms with Crippen molar-refractivity contribution in [3.05, 3.63) is 53.0 Å². The molecule has 3 rings (SSSR count). The summed E-state index contributed by atoms with van der Waals surface area (Å²) >= 11 is 0. The first-order chi connectivity index (χ1) is 12.5. The van der Waals surface area contributed by atoms with Gasteiger partial charge in [0, 0.05) is 31.4 Å². The summed E-state index contributed by atoms with van der Waals surface area (Å²) in [6.45, 7) is 1.61. The maximum absolute atomic E-state index is 12.3. The van der Waals surface area contributed by atoms with Crippen molar-refractivity contribution in [2.24, 2.45) is 0 Å². The van der Waals surface area contributed by atoms with Crippen molar-refractivity contribution in [3.8, 4) is 5.88 Å². The molecule has 1 aliphatic heterocycles. The van der Waals surface area contributed by atoms with Crippen LogP contribution in [0.3, 0.4) is 0 Å². The van der Waals surface area contributed by atoms with Gasteiger partial charge in [-0.25, -0.2) is 4.98 Å². The highest BCUT2D eigenvalue weighted by Gasteiger charge is 2.26. The van der Waals surface area contributed by atoms with E-state index in [4.69, 9.17) is 4.74 Å². The third-order valence-electron chi connectivity index (χ3n) is 4.24. The number of aromatic nitrogens is 2. The van der Waals surface area contributed by atoms with Crippen LogP contribution in [0.25, 0.3) is 0 Å². The standard InChI is InChI=1S/C19H22F3N3O/c20-19(21,22)9-4-12-26-18-15-7-10-23-11-8-16(15)24-17(25-18)13-14-5-2-1-3-6-14/h1-3,5-6,23H,4,7-13H2. The van der Waals surface area contributed by atoms with E-state index in [1.165, 1.54) is 0 Å². The number of benzene rings is 1. The van der Waals surface area contributed by atoms with Gasteiger partial charge >= 0.3 is 6.18 Å². The van der Waals surface area contributed by atoms with Gasteiger partial charge < -0.3 is 10.1 Å². The van der Waals surface area contributed by atoms with Crippen molar-refractivity contribution in [3.63, 3.8) is 0 Å². The van der Waals surface area contributed by atoms with Crippen molar-refractivity contribution < 1.29 is 17.9 Å². The Bertz CT molecular complexity index is 720. The van der Waals surface area contributed by atoms with E-state index < -0.39 is 12.6 Å². The molecule has 0 aliphatic carbocycles. The highest BCUT2D eigenvalue weighted by atomic mass is 19.4. The van der Waals surface area contributed by atoms with E-state index in [2.05, 4.69) is 15.3 Å². The number of nitrogens with zero attached hydrogens (tertiary/aromatic N) is 2. The molecule has 1 N–H and O–H groups in total. The molecular weight excluding hydrogens is 343 g/mol. The SMILES string of the molecule is FC(F)(F)CCCOc1nc(Cc2ccccc2)nc2c1CCNCC2. The number of rotatable bonds is 6. The van der Waals surface area contributed by atoms with Gasteiger partial charge in [-0.2, -0.15) is 18.2 Å². The van der Waals surface area contributed by atoms with Gasteiger partial charge in [0.25, 0.3) is 0 Å². The van der Waals surface area contributed by atoms with Crippen molar-refractivity contribution in [1.82, 2.24) is 15.3 Å². The molecule has 0 saturated carbocycles. The summed E-state index contributed by atoms with van der Waals surface area (Å²) in [6, 6.07) is 9.86. The molecule has 0 radical (unpaired) electrons. The molecule has 1 aromatic carbocycles. The molecule has 2 heterocycles. The Balaban J connectivity index is 1.77. The van der Waals surface area contributed by atoms with Crippen LogP contribution in [0.2, 0.25) is 0 Å². The summed E-state index contributed by atoms with van der Waals surface area (Å²) in [7, 11) is 0. The number of ether oxygens (including phenoxy) is 1. The maximum atomic E-state index is 12.3. The van der Waals surface area contributed by atoms with Gasteiger partial charge in [0.15, 0.2) is 0 Å². The number of fused-ring (bicyclic) bond motifs is 1. The van der Waals surface area contributed by atoms with Gasteiger partial charge in [-0.05, 0) is 24.9 Å². The van der Waals surface area contributed by atoms with Crippen LogP contribution in [-0.2, 0) is 19.3 Å². The third-order valence-corrected chi connectivity index (χ3v) is 4.24. The molecule has 0 amide bonds. The first-order valence-electron chi connectivity index (χ1n) is 8.84. The van der Waals surface area contributed by atoms with Crippen LogP contribution in [0, 0.1) is 0 Å². The van der Waals surface area contributed by atoms with E-state index in [0.29, 0.717) is 18.1 Å². The Kier molecular flexibility index (Phi) is 6.08. The van der Waals surface area contributed by atoms with Crippen molar-refractivity contribution in [1.29, 1.82) is 0 Å². The summed E-state index contributed by atoms with van der Waals surface area (Å²) in [5, 5.41) is 3.31. The third kappa shape index (κ3) is 5.42. The number of hydrogen-bond acceptors (Lipinski definition) is 4. The van der Waals surface area contributed by atoms with E-state index in [0.717, 1.165) is 42.8 Å². The number of hydrogen-bond donors (Lipinski definition) is 1. The van der Waals surface area contributed by atoms with Crippen LogP contribution in [0.1, 0.15) is 35.5 Å². The number of alkyl halides is 3. The molecule has 4 nitrogen and oxygen atoms in total. The molecule has 0 atom stereocenters. The van der Waals surface area contributed by atoms with Crippen LogP contribution < -0.4 is 10.1 Å². The lowest BCUT2D eigenvalue weighted by molar-refractivity contribution is -0.136. The van der Waals surface area contributed by atoms with Crippen molar-refractivity contribution in [2.75, 3.05) is 19.7 Å². The Morgan fingerprint density at radius 1 is 1.04 bits per heavy atom. The summed E-state index contributed by atoms with van der Waals surface area (Å²) in [5.41, 5.74) is 2.93. The molecular formula is C19H22F3N3O. The van der Waals surface area contributed by atoms with Crippen LogP contribution in [0.15, 0.2) is 30.3 Å². The second kappa shape index (κ2) is 8.49. The van der Waals surface area contributed by atoms with Crippen LogP contribution in [-0.4, -0.2) is 35.8 Å². The highest BCUT2D eigenvalue weighted by molar-refractivity contribution is 5.34. The predicted octanol–water partition coefficient (Wildman–Crippen LogP) is 3.48. The Morgan fingerprint density at radius 2 is 1.81 bits per heavy atom. The second-order valence-electron chi connectivity index (χ2n) is 6.35. The van der Waals surface area contributed by atoms with E-state index in [1.807, 2.05) is 30.3 Å². The van der Waals surface area contributed by atoms with Crippen LogP contribution in [0.5, 0.6) is 5.88 Å². The molecule has 0 saturated heterocycles. The van der Waals surface area contributed by atoms with Gasteiger partial charge in [0.05, 0.1) is 12.3 Å². The summed E-state index contributed by atoms with van der Waals surface area (Å²) < 4.78 is 42.6. The van der Waals surface area contributed by atoms with Gasteiger partial charge in [-0.15, -0.1) is 0 Å². The molecule has 2 aromatic rings. The first kappa shape index (κ1) is 18.6. The van der Waals surface area contributed by atoms with E-state index >= 15 is 0 Å². The minimum Gasteiger partial charge on any atom is -0.477 e. The Hall–Kier alpha value is -2.15. The molecule has 1 aromatic heterocycles. The smallest absolute Gasteiger partial charge is 0.389 e. The summed E-state index contributed by atoms with van der Waals surface area (Å²) in [4.78, 5) is 9.20. The molecule has 140 valence electrons. The predicted molar refractivity (Wildman–Crippen MR) is 92.3 cm³/mol. The highest BCUT2D eigenvalue weighted by Crippen LogP contribution is 2.25. The maximum Gasteiger partial charge on any atom is 0.389 e. The van der Waals surface area contributed by atoms with E-state index in [9.17, 15) is 13.2 Å². The number of halogens is 3. The molecule has 0 spiro atoms. The molecule has 0 fully saturated rings. The lowest BCUT2D eigenvalue weighted by atomic mass is 10.1. The quantitative estimate of drug-likeness (QED) is 0.797. The molecule has 0 unspecified atom stereocenters. The first-order valence-corrected chi connectivity index (χ1v) is 8.84. The van der Waals surface area contributed by atoms with Gasteiger partial charge in [0.1, 0.15) is 5.82 Å². The largest absolute Gasteiger partial charge is 0.477 e. The van der Waals surface area contributed by atoms with E-state index in [1.54, 1.807) is 0 Å². The normalized spacial score (nSPS) is 14.6. The van der Waals surface area contributed by atoms with E-state index in [-0.39, 0.29) is 13.0 Å². The average molecular weight is 365 g/mol. The van der Waals surface area contributed by atoms with Gasteiger partial charge in [-0.1, -0.05) is 30.3 Å². The summed E-state index contributed by atoms with van der Waals surface area (Å²) in [6.07, 6.45) is -3.03. The topological polar surface area (TPSA) is 47.0 Å². The van der Waals surface area contributed by atoms with Gasteiger partial charge in [0.2, 0.25) is 5.88 Å². The fraction of sp³-hybridized carbons (Fsp3) is 0.474. The zero-order valence-corrected chi connectivity index (χ0v) is 14.5. The molecule has 0 bridgehead atoms. The van der Waals surface area contributed by atoms with Crippen molar-refractivity contribution >= 4 is 0 Å². The molecule has 26 heavy (non-hydrogen) atoms. The lowest BCUT2D eigenvalue weighted by Gasteiger charge is -2.14. The number of nitrogens with one attached hydrogen (secondary N) is 1. The minimum absolute atomic E-state index is 0.00116. The van der Waals surface area contributed by atoms with Crippen LogP contribution >= 0.6 is 0 Å². The molecule has 7 heteroatoms. The van der Waals surface area contributed by atoms with Crippen LogP contribution in [0.4, 0.5) is 13.2 Å². The molecule has 1 aliphatic rings. The lowest BCUT2D eigenvalue weighted by Crippen LogP contribution is -2.16.